The highest BCUT2D eigenvalue weighted by atomic mass is 16.5. The molecular formula is C12H15N3O5. The number of methoxy groups -OCH3 is 1. The molecule has 0 saturated carbocycles. The number of carboxylic acids is 1. The molecule has 8 heteroatoms. The van der Waals surface area contributed by atoms with Crippen molar-refractivity contribution in [2.75, 3.05) is 13.7 Å². The van der Waals surface area contributed by atoms with E-state index >= 15 is 0 Å². The van der Waals surface area contributed by atoms with E-state index in [1.165, 1.54) is 25.3 Å². The van der Waals surface area contributed by atoms with E-state index in [0.717, 1.165) is 0 Å². The van der Waals surface area contributed by atoms with Gasteiger partial charge in [-0.3, -0.25) is 0 Å². The maximum absolute atomic E-state index is 11.1. The number of hydrogen-bond donors (Lipinski definition) is 3. The maximum atomic E-state index is 11.1. The number of nitrogens with zero attached hydrogens (tertiary/aromatic N) is 3. The van der Waals surface area contributed by atoms with Crippen LogP contribution in [0, 0.1) is 0 Å². The summed E-state index contributed by atoms with van der Waals surface area (Å²) in [6.07, 6.45) is -2.48. The molecule has 0 saturated heterocycles. The molecule has 0 bridgehead atoms. The van der Waals surface area contributed by atoms with Gasteiger partial charge in [-0.2, -0.15) is 0 Å². The van der Waals surface area contributed by atoms with Crippen molar-refractivity contribution >= 4 is 5.97 Å². The second-order valence-corrected chi connectivity index (χ2v) is 3.99. The third kappa shape index (κ3) is 3.61. The highest BCUT2D eigenvalue weighted by Gasteiger charge is 2.24. The van der Waals surface area contributed by atoms with Gasteiger partial charge in [0.25, 0.3) is 0 Å². The zero-order valence-corrected chi connectivity index (χ0v) is 10.8. The van der Waals surface area contributed by atoms with Crippen LogP contribution in [0.4, 0.5) is 0 Å². The Morgan fingerprint density at radius 1 is 1.50 bits per heavy atom. The Hall–Kier alpha value is -2.28. The number of azide groups is 1. The highest BCUT2D eigenvalue weighted by Crippen LogP contribution is 2.31. The van der Waals surface area contributed by atoms with Crippen molar-refractivity contribution < 1.29 is 24.9 Å². The van der Waals surface area contributed by atoms with E-state index in [4.69, 9.17) is 15.4 Å². The van der Waals surface area contributed by atoms with Gasteiger partial charge in [0.2, 0.25) is 0 Å². The predicted octanol–water partition coefficient (Wildman–Crippen LogP) is 1.49. The number of aliphatic hydroxyl groups excluding tert-OH is 2. The lowest BCUT2D eigenvalue weighted by Crippen LogP contribution is -2.20. The van der Waals surface area contributed by atoms with Crippen LogP contribution in [0.2, 0.25) is 0 Å². The van der Waals surface area contributed by atoms with Crippen LogP contribution in [0.3, 0.4) is 0 Å². The number of rotatable bonds is 7. The smallest absolute Gasteiger partial charge is 0.339 e. The van der Waals surface area contributed by atoms with E-state index in [2.05, 4.69) is 10.0 Å². The summed E-state index contributed by atoms with van der Waals surface area (Å²) in [5, 5.41) is 32.2. The van der Waals surface area contributed by atoms with E-state index < -0.39 is 18.2 Å². The number of ether oxygens (including phenoxy) is 1. The molecule has 1 aromatic carbocycles. The first-order valence-corrected chi connectivity index (χ1v) is 5.80. The molecule has 0 aliphatic heterocycles. The molecular weight excluding hydrogens is 266 g/mol. The molecule has 0 aliphatic carbocycles. The fourth-order valence-electron chi connectivity index (χ4n) is 1.78. The summed E-state index contributed by atoms with van der Waals surface area (Å²) in [6, 6.07) is 4.25. The van der Waals surface area contributed by atoms with Crippen molar-refractivity contribution in [1.82, 2.24) is 0 Å². The third-order valence-corrected chi connectivity index (χ3v) is 2.75. The zero-order chi connectivity index (χ0) is 15.1. The number of aliphatic hydroxyl groups is 2. The molecule has 0 amide bonds. The Labute approximate surface area is 114 Å². The topological polar surface area (TPSA) is 136 Å². The molecule has 108 valence electrons. The first-order valence-electron chi connectivity index (χ1n) is 5.80. The molecule has 0 aromatic heterocycles. The Balaban J connectivity index is 3.02. The van der Waals surface area contributed by atoms with Gasteiger partial charge in [0.1, 0.15) is 17.4 Å². The van der Waals surface area contributed by atoms with Gasteiger partial charge in [0.05, 0.1) is 13.2 Å². The lowest BCUT2D eigenvalue weighted by Gasteiger charge is -2.20. The molecule has 0 heterocycles. The monoisotopic (exact) mass is 281 g/mol. The first-order chi connectivity index (χ1) is 9.52. The summed E-state index contributed by atoms with van der Waals surface area (Å²) in [6.45, 7) is 0.0235. The van der Waals surface area contributed by atoms with Crippen LogP contribution < -0.4 is 4.74 Å². The third-order valence-electron chi connectivity index (χ3n) is 2.75. The van der Waals surface area contributed by atoms with Gasteiger partial charge in [-0.05, 0) is 18.0 Å². The Morgan fingerprint density at radius 2 is 2.20 bits per heavy atom. The van der Waals surface area contributed by atoms with Crippen LogP contribution >= 0.6 is 0 Å². The largest absolute Gasteiger partial charge is 0.495 e. The van der Waals surface area contributed by atoms with Crippen LogP contribution in [-0.4, -0.2) is 41.0 Å². The van der Waals surface area contributed by atoms with Crippen LogP contribution in [-0.2, 0) is 0 Å². The quantitative estimate of drug-likeness (QED) is 0.395. The molecule has 2 atom stereocenters. The summed E-state index contributed by atoms with van der Waals surface area (Å²) in [5.41, 5.74) is 8.21. The number of hydrogen-bond acceptors (Lipinski definition) is 5. The lowest BCUT2D eigenvalue weighted by atomic mass is 9.98. The fourth-order valence-corrected chi connectivity index (χ4v) is 1.78. The van der Waals surface area contributed by atoms with E-state index in [1.807, 2.05) is 0 Å². The zero-order valence-electron chi connectivity index (χ0n) is 10.8. The van der Waals surface area contributed by atoms with Crippen LogP contribution in [0.15, 0.2) is 23.3 Å². The summed E-state index contributed by atoms with van der Waals surface area (Å²) < 4.78 is 5.00. The van der Waals surface area contributed by atoms with Gasteiger partial charge >= 0.3 is 5.97 Å². The van der Waals surface area contributed by atoms with Gasteiger partial charge < -0.3 is 20.1 Å². The standard InChI is InChI=1S/C12H15N3O5/c1-20-11-7(3-2-4-8(11)12(18)19)10(17)9(16)5-6-14-15-13/h2-4,9-10,16-17H,5-6H2,1H3,(H,18,19). The van der Waals surface area contributed by atoms with Crippen molar-refractivity contribution in [3.63, 3.8) is 0 Å². The summed E-state index contributed by atoms with van der Waals surface area (Å²) in [4.78, 5) is 13.6. The minimum Gasteiger partial charge on any atom is -0.495 e. The summed E-state index contributed by atoms with van der Waals surface area (Å²) >= 11 is 0. The predicted molar refractivity (Wildman–Crippen MR) is 69.5 cm³/mol. The lowest BCUT2D eigenvalue weighted by molar-refractivity contribution is 0.0136. The Morgan fingerprint density at radius 3 is 2.75 bits per heavy atom. The molecule has 0 fully saturated rings. The number of carboxylic acid groups (broad SMARTS) is 1. The van der Waals surface area contributed by atoms with Gasteiger partial charge in [0.15, 0.2) is 0 Å². The Kier molecular flexibility index (Phi) is 5.79. The number of aromatic carboxylic acids is 1. The van der Waals surface area contributed by atoms with Crippen molar-refractivity contribution in [2.24, 2.45) is 5.11 Å². The molecule has 2 unspecified atom stereocenters. The van der Waals surface area contributed by atoms with Crippen molar-refractivity contribution in [3.05, 3.63) is 39.8 Å². The fraction of sp³-hybridized carbons (Fsp3) is 0.417. The van der Waals surface area contributed by atoms with E-state index in [1.54, 1.807) is 0 Å². The molecule has 1 aromatic rings. The average Bonchev–Trinajstić information content (AvgIpc) is 2.45. The molecule has 20 heavy (non-hydrogen) atoms. The Bertz CT molecular complexity index is 528. The van der Waals surface area contributed by atoms with Gasteiger partial charge in [-0.1, -0.05) is 17.2 Å². The average molecular weight is 281 g/mol. The van der Waals surface area contributed by atoms with Crippen LogP contribution in [0.25, 0.3) is 10.4 Å². The number of carbonyl (C=O) groups is 1. The maximum Gasteiger partial charge on any atom is 0.339 e. The molecule has 1 rings (SSSR count). The van der Waals surface area contributed by atoms with E-state index in [9.17, 15) is 15.0 Å². The minimum atomic E-state index is -1.34. The van der Waals surface area contributed by atoms with Crippen molar-refractivity contribution in [3.8, 4) is 5.75 Å². The normalized spacial score (nSPS) is 13.2. The summed E-state index contributed by atoms with van der Waals surface area (Å²) in [7, 11) is 1.28. The van der Waals surface area contributed by atoms with Crippen molar-refractivity contribution in [2.45, 2.75) is 18.6 Å². The van der Waals surface area contributed by atoms with Gasteiger partial charge in [-0.15, -0.1) is 0 Å². The van der Waals surface area contributed by atoms with Crippen LogP contribution in [0.1, 0.15) is 28.4 Å². The second kappa shape index (κ2) is 7.34. The molecule has 8 nitrogen and oxygen atoms in total. The minimum absolute atomic E-state index is 0.00432. The van der Waals surface area contributed by atoms with Crippen molar-refractivity contribution in [1.29, 1.82) is 0 Å². The number of benzene rings is 1. The highest BCUT2D eigenvalue weighted by molar-refractivity contribution is 5.91. The molecule has 0 aliphatic rings. The van der Waals surface area contributed by atoms with Crippen LogP contribution in [0.5, 0.6) is 5.75 Å². The van der Waals surface area contributed by atoms with E-state index in [-0.39, 0.29) is 29.8 Å². The van der Waals surface area contributed by atoms with Gasteiger partial charge in [0, 0.05) is 17.0 Å². The van der Waals surface area contributed by atoms with Gasteiger partial charge in [-0.25, -0.2) is 4.79 Å². The SMILES string of the molecule is COc1c(C(=O)O)cccc1C(O)C(O)CCN=[N+]=[N-]. The second-order valence-electron chi connectivity index (χ2n) is 3.99. The molecule has 0 radical (unpaired) electrons. The van der Waals surface area contributed by atoms with E-state index in [0.29, 0.717) is 0 Å². The number of para-hydroxylation sites is 1. The first kappa shape index (κ1) is 15.8. The molecule has 0 spiro atoms. The molecule has 3 N–H and O–H groups in total. The summed E-state index contributed by atoms with van der Waals surface area (Å²) in [5.74, 6) is -1.20.